The monoisotopic (exact) mass is 216 g/mol. The molecule has 1 amide bonds. The molecule has 1 fully saturated rings. The minimum atomic E-state index is -0.188. The summed E-state index contributed by atoms with van der Waals surface area (Å²) in [6.07, 6.45) is 5.71. The molecule has 0 heterocycles. The van der Waals surface area contributed by atoms with Gasteiger partial charge in [-0.25, -0.2) is 0 Å². The second-order valence-corrected chi connectivity index (χ2v) is 5.52. The molecule has 1 atom stereocenters. The van der Waals surface area contributed by atoms with Gasteiger partial charge >= 0.3 is 0 Å². The van der Waals surface area contributed by atoms with E-state index in [1.807, 2.05) is 6.26 Å². The van der Waals surface area contributed by atoms with Gasteiger partial charge in [0.25, 0.3) is 0 Å². The van der Waals surface area contributed by atoms with Crippen LogP contribution in [-0.2, 0) is 4.79 Å². The predicted octanol–water partition coefficient (Wildman–Crippen LogP) is 1.13. The van der Waals surface area contributed by atoms with E-state index >= 15 is 0 Å². The molecule has 4 heteroatoms. The maximum Gasteiger partial charge on any atom is 0.221 e. The summed E-state index contributed by atoms with van der Waals surface area (Å²) in [5.41, 5.74) is 5.79. The average Bonchev–Trinajstić information content (AvgIpc) is 2.11. The van der Waals surface area contributed by atoms with E-state index in [1.54, 1.807) is 11.8 Å². The lowest BCUT2D eigenvalue weighted by Gasteiger charge is -2.37. The van der Waals surface area contributed by atoms with E-state index < -0.39 is 0 Å². The summed E-state index contributed by atoms with van der Waals surface area (Å²) >= 11 is 1.76. The third-order valence-electron chi connectivity index (χ3n) is 2.85. The van der Waals surface area contributed by atoms with E-state index in [9.17, 15) is 4.79 Å². The quantitative estimate of drug-likeness (QED) is 0.724. The number of thioether (sulfide) groups is 1. The fourth-order valence-electron chi connectivity index (χ4n) is 1.53. The predicted molar refractivity (Wildman–Crippen MR) is 61.4 cm³/mol. The second kappa shape index (κ2) is 5.03. The second-order valence-electron chi connectivity index (χ2n) is 4.24. The maximum atomic E-state index is 11.5. The van der Waals surface area contributed by atoms with Crippen LogP contribution in [0.5, 0.6) is 0 Å². The minimum Gasteiger partial charge on any atom is -0.355 e. The highest BCUT2D eigenvalue weighted by Gasteiger charge is 2.34. The Kier molecular flexibility index (Phi) is 4.26. The van der Waals surface area contributed by atoms with Crippen LogP contribution in [-0.4, -0.2) is 29.5 Å². The Labute approximate surface area is 90.2 Å². The van der Waals surface area contributed by atoms with Crippen LogP contribution in [0.25, 0.3) is 0 Å². The minimum absolute atomic E-state index is 0.105. The normalized spacial score (nSPS) is 21.1. The van der Waals surface area contributed by atoms with Crippen LogP contribution >= 0.6 is 11.8 Å². The standard InChI is InChI=1S/C10H20N2OS/c1-8(14-2)7-12-9(13)6-10(11)4-3-5-10/h8H,3-7,11H2,1-2H3,(H,12,13). The molecule has 0 aliphatic heterocycles. The van der Waals surface area contributed by atoms with Crippen LogP contribution < -0.4 is 11.1 Å². The SMILES string of the molecule is CSC(C)CNC(=O)CC1(N)CCC1. The first-order valence-corrected chi connectivity index (χ1v) is 6.43. The van der Waals surface area contributed by atoms with Crippen molar-refractivity contribution in [3.63, 3.8) is 0 Å². The van der Waals surface area contributed by atoms with Crippen molar-refractivity contribution in [1.29, 1.82) is 0 Å². The Hall–Kier alpha value is -0.220. The van der Waals surface area contributed by atoms with E-state index in [2.05, 4.69) is 12.2 Å². The van der Waals surface area contributed by atoms with Crippen molar-refractivity contribution in [1.82, 2.24) is 5.32 Å². The summed E-state index contributed by atoms with van der Waals surface area (Å²) in [6, 6.07) is 0. The molecule has 1 unspecified atom stereocenters. The Balaban J connectivity index is 2.16. The summed E-state index contributed by atoms with van der Waals surface area (Å²) in [6.45, 7) is 2.85. The summed E-state index contributed by atoms with van der Waals surface area (Å²) in [5, 5.41) is 3.40. The van der Waals surface area contributed by atoms with Crippen LogP contribution in [0, 0.1) is 0 Å². The smallest absolute Gasteiger partial charge is 0.221 e. The lowest BCUT2D eigenvalue weighted by molar-refractivity contribution is -0.122. The van der Waals surface area contributed by atoms with Crippen LogP contribution in [0.1, 0.15) is 32.6 Å². The van der Waals surface area contributed by atoms with Crippen LogP contribution in [0.2, 0.25) is 0 Å². The van der Waals surface area contributed by atoms with Gasteiger partial charge in [0.2, 0.25) is 5.91 Å². The first-order chi connectivity index (χ1) is 6.56. The van der Waals surface area contributed by atoms with Crippen molar-refractivity contribution in [2.45, 2.75) is 43.4 Å². The molecule has 0 aromatic carbocycles. The maximum absolute atomic E-state index is 11.5. The number of amides is 1. The highest BCUT2D eigenvalue weighted by Crippen LogP contribution is 2.31. The topological polar surface area (TPSA) is 55.1 Å². The Bertz CT molecular complexity index is 204. The molecule has 1 rings (SSSR count). The Morgan fingerprint density at radius 1 is 1.64 bits per heavy atom. The van der Waals surface area contributed by atoms with Crippen LogP contribution in [0.4, 0.5) is 0 Å². The molecule has 1 aliphatic carbocycles. The highest BCUT2D eigenvalue weighted by atomic mass is 32.2. The molecule has 14 heavy (non-hydrogen) atoms. The van der Waals surface area contributed by atoms with Crippen molar-refractivity contribution in [3.8, 4) is 0 Å². The summed E-state index contributed by atoms with van der Waals surface area (Å²) in [5.74, 6) is 0.105. The number of rotatable bonds is 5. The third-order valence-corrected chi connectivity index (χ3v) is 3.82. The summed E-state index contributed by atoms with van der Waals surface area (Å²) < 4.78 is 0. The number of nitrogens with one attached hydrogen (secondary N) is 1. The number of carbonyl (C=O) groups is 1. The van der Waals surface area contributed by atoms with Crippen molar-refractivity contribution < 1.29 is 4.79 Å². The zero-order valence-corrected chi connectivity index (χ0v) is 9.82. The molecule has 0 aromatic heterocycles. The van der Waals surface area contributed by atoms with Gasteiger partial charge in [0, 0.05) is 23.8 Å². The van der Waals surface area contributed by atoms with Gasteiger partial charge < -0.3 is 11.1 Å². The molecule has 1 aliphatic rings. The van der Waals surface area contributed by atoms with E-state index in [0.29, 0.717) is 11.7 Å². The molecule has 3 nitrogen and oxygen atoms in total. The third kappa shape index (κ3) is 3.50. The molecule has 1 saturated carbocycles. The van der Waals surface area contributed by atoms with Crippen LogP contribution in [0.3, 0.4) is 0 Å². The fraction of sp³-hybridized carbons (Fsp3) is 0.900. The van der Waals surface area contributed by atoms with Gasteiger partial charge in [-0.15, -0.1) is 0 Å². The van der Waals surface area contributed by atoms with Gasteiger partial charge in [0.15, 0.2) is 0 Å². The van der Waals surface area contributed by atoms with Crippen molar-refractivity contribution in [2.24, 2.45) is 5.73 Å². The molecule has 0 saturated heterocycles. The van der Waals surface area contributed by atoms with E-state index in [0.717, 1.165) is 19.4 Å². The molecular formula is C10H20N2OS. The molecule has 0 spiro atoms. The summed E-state index contributed by atoms with van der Waals surface area (Å²) in [7, 11) is 0. The first kappa shape index (κ1) is 11.9. The lowest BCUT2D eigenvalue weighted by Crippen LogP contribution is -2.50. The van der Waals surface area contributed by atoms with Crippen molar-refractivity contribution in [3.05, 3.63) is 0 Å². The largest absolute Gasteiger partial charge is 0.355 e. The zero-order chi connectivity index (χ0) is 10.6. The molecule has 0 bridgehead atoms. The molecule has 0 radical (unpaired) electrons. The average molecular weight is 216 g/mol. The van der Waals surface area contributed by atoms with E-state index in [-0.39, 0.29) is 11.4 Å². The lowest BCUT2D eigenvalue weighted by atomic mass is 9.75. The molecule has 82 valence electrons. The zero-order valence-electron chi connectivity index (χ0n) is 9.01. The molecule has 0 aromatic rings. The fourth-order valence-corrected chi connectivity index (χ4v) is 1.78. The van der Waals surface area contributed by atoms with Gasteiger partial charge in [-0.1, -0.05) is 6.92 Å². The highest BCUT2D eigenvalue weighted by molar-refractivity contribution is 7.99. The van der Waals surface area contributed by atoms with Gasteiger partial charge in [0.1, 0.15) is 0 Å². The molecule has 3 N–H and O–H groups in total. The van der Waals surface area contributed by atoms with E-state index in [4.69, 9.17) is 5.73 Å². The van der Waals surface area contributed by atoms with Crippen molar-refractivity contribution >= 4 is 17.7 Å². The Morgan fingerprint density at radius 3 is 2.71 bits per heavy atom. The van der Waals surface area contributed by atoms with Gasteiger partial charge in [-0.3, -0.25) is 4.79 Å². The van der Waals surface area contributed by atoms with Crippen molar-refractivity contribution in [2.75, 3.05) is 12.8 Å². The van der Waals surface area contributed by atoms with Gasteiger partial charge in [0.05, 0.1) is 0 Å². The summed E-state index contributed by atoms with van der Waals surface area (Å²) in [4.78, 5) is 11.5. The van der Waals surface area contributed by atoms with Gasteiger partial charge in [-0.2, -0.15) is 11.8 Å². The number of carbonyl (C=O) groups excluding carboxylic acids is 1. The number of nitrogens with two attached hydrogens (primary N) is 1. The van der Waals surface area contributed by atoms with E-state index in [1.165, 1.54) is 6.42 Å². The number of hydrogen-bond donors (Lipinski definition) is 2. The van der Waals surface area contributed by atoms with Gasteiger partial charge in [-0.05, 0) is 25.5 Å². The number of hydrogen-bond acceptors (Lipinski definition) is 3. The van der Waals surface area contributed by atoms with Crippen LogP contribution in [0.15, 0.2) is 0 Å². The first-order valence-electron chi connectivity index (χ1n) is 5.14. The Morgan fingerprint density at radius 2 is 2.29 bits per heavy atom. The molecular weight excluding hydrogens is 196 g/mol.